The zero-order chi connectivity index (χ0) is 16.9. The zero-order valence-corrected chi connectivity index (χ0v) is 14.5. The van der Waals surface area contributed by atoms with Gasteiger partial charge in [0, 0.05) is 0 Å². The summed E-state index contributed by atoms with van der Waals surface area (Å²) in [5, 5.41) is 13.1. The van der Waals surface area contributed by atoms with Crippen LogP contribution >= 0.6 is 0 Å². The molecule has 23 heavy (non-hydrogen) atoms. The maximum Gasteiger partial charge on any atom is 0.0804 e. The van der Waals surface area contributed by atoms with Gasteiger partial charge in [-0.15, -0.1) is 6.58 Å². The quantitative estimate of drug-likeness (QED) is 0.603. The van der Waals surface area contributed by atoms with Gasteiger partial charge in [-0.2, -0.15) is 0 Å². The minimum absolute atomic E-state index is 0.0672. The predicted octanol–water partition coefficient (Wildman–Crippen LogP) is 6.20. The van der Waals surface area contributed by atoms with Gasteiger partial charge in [0.25, 0.3) is 0 Å². The number of fused-ring (bicyclic) bond motifs is 1. The van der Waals surface area contributed by atoms with Crippen molar-refractivity contribution in [3.63, 3.8) is 0 Å². The van der Waals surface area contributed by atoms with Gasteiger partial charge in [-0.3, -0.25) is 0 Å². The molecule has 0 amide bonds. The highest BCUT2D eigenvalue weighted by Gasteiger charge is 2.25. The molecule has 0 radical (unpaired) electrons. The second-order valence-corrected chi connectivity index (χ2v) is 6.97. The molecule has 0 fully saturated rings. The van der Waals surface area contributed by atoms with E-state index in [1.807, 2.05) is 30.3 Å². The first kappa shape index (κ1) is 17.5. The molecule has 2 aromatic carbocycles. The second kappa shape index (κ2) is 7.61. The van der Waals surface area contributed by atoms with Crippen LogP contribution in [0.4, 0.5) is 0 Å². The SMILES string of the molecule is C=CC(C)(CCC=C(C)C)CC(O)c1cccc2ccccc12. The van der Waals surface area contributed by atoms with Gasteiger partial charge in [0.15, 0.2) is 0 Å². The fourth-order valence-corrected chi connectivity index (χ4v) is 3.07. The van der Waals surface area contributed by atoms with Gasteiger partial charge in [-0.25, -0.2) is 0 Å². The predicted molar refractivity (Wildman–Crippen MR) is 100 cm³/mol. The summed E-state index contributed by atoms with van der Waals surface area (Å²) in [6.07, 6.45) is 6.50. The highest BCUT2D eigenvalue weighted by Crippen LogP contribution is 2.37. The number of aliphatic hydroxyl groups is 1. The summed E-state index contributed by atoms with van der Waals surface area (Å²) in [4.78, 5) is 0. The normalized spacial score (nSPS) is 15.0. The Morgan fingerprint density at radius 1 is 1.17 bits per heavy atom. The third-order valence-electron chi connectivity index (χ3n) is 4.60. The molecule has 0 bridgehead atoms. The van der Waals surface area contributed by atoms with Crippen LogP contribution in [0.1, 0.15) is 51.7 Å². The Morgan fingerprint density at radius 3 is 2.57 bits per heavy atom. The van der Waals surface area contributed by atoms with Crippen LogP contribution in [0.25, 0.3) is 10.8 Å². The lowest BCUT2D eigenvalue weighted by molar-refractivity contribution is 0.124. The lowest BCUT2D eigenvalue weighted by atomic mass is 9.78. The van der Waals surface area contributed by atoms with Crippen LogP contribution in [0.3, 0.4) is 0 Å². The van der Waals surface area contributed by atoms with Crippen molar-refractivity contribution in [3.8, 4) is 0 Å². The van der Waals surface area contributed by atoms with Crippen LogP contribution in [0, 0.1) is 5.41 Å². The maximum absolute atomic E-state index is 10.8. The minimum Gasteiger partial charge on any atom is -0.388 e. The summed E-state index contributed by atoms with van der Waals surface area (Å²) in [7, 11) is 0. The average Bonchev–Trinajstić information content (AvgIpc) is 2.53. The van der Waals surface area contributed by atoms with E-state index in [-0.39, 0.29) is 5.41 Å². The van der Waals surface area contributed by atoms with E-state index in [1.54, 1.807) is 0 Å². The Hall–Kier alpha value is -1.86. The lowest BCUT2D eigenvalue weighted by Gasteiger charge is -2.28. The van der Waals surface area contributed by atoms with Gasteiger partial charge < -0.3 is 5.11 Å². The third kappa shape index (κ3) is 4.56. The molecule has 2 unspecified atom stereocenters. The summed E-state index contributed by atoms with van der Waals surface area (Å²) >= 11 is 0. The molecular formula is C22H28O. The molecule has 1 nitrogen and oxygen atoms in total. The van der Waals surface area contributed by atoms with Crippen LogP contribution in [0.15, 0.2) is 66.8 Å². The Bertz CT molecular complexity index is 689. The first-order valence-corrected chi connectivity index (χ1v) is 8.38. The molecule has 0 saturated carbocycles. The topological polar surface area (TPSA) is 20.2 Å². The molecule has 1 N–H and O–H groups in total. The summed E-state index contributed by atoms with van der Waals surface area (Å²) in [6, 6.07) is 14.4. The Kier molecular flexibility index (Phi) is 5.79. The molecular weight excluding hydrogens is 280 g/mol. The van der Waals surface area contributed by atoms with Crippen LogP contribution in [0.2, 0.25) is 0 Å². The maximum atomic E-state index is 10.8. The molecule has 0 spiro atoms. The van der Waals surface area contributed by atoms with E-state index >= 15 is 0 Å². The summed E-state index contributed by atoms with van der Waals surface area (Å²) in [6.45, 7) is 10.4. The fraction of sp³-hybridized carbons (Fsp3) is 0.364. The smallest absolute Gasteiger partial charge is 0.0804 e. The average molecular weight is 308 g/mol. The Morgan fingerprint density at radius 2 is 1.87 bits per heavy atom. The van der Waals surface area contributed by atoms with Crippen molar-refractivity contribution < 1.29 is 5.11 Å². The monoisotopic (exact) mass is 308 g/mol. The number of benzene rings is 2. The molecule has 2 aromatic rings. The van der Waals surface area contributed by atoms with Crippen LogP contribution in [0.5, 0.6) is 0 Å². The van der Waals surface area contributed by atoms with Crippen molar-refractivity contribution in [1.29, 1.82) is 0 Å². The highest BCUT2D eigenvalue weighted by molar-refractivity contribution is 5.85. The second-order valence-electron chi connectivity index (χ2n) is 6.97. The molecule has 0 aliphatic rings. The van der Waals surface area contributed by atoms with Gasteiger partial charge >= 0.3 is 0 Å². The molecule has 1 heteroatoms. The van der Waals surface area contributed by atoms with E-state index in [9.17, 15) is 5.11 Å². The molecule has 0 aliphatic heterocycles. The van der Waals surface area contributed by atoms with Gasteiger partial charge in [0.05, 0.1) is 6.10 Å². The number of hydrogen-bond acceptors (Lipinski definition) is 1. The van der Waals surface area contributed by atoms with Gasteiger partial charge in [-0.05, 0) is 54.9 Å². The molecule has 2 atom stereocenters. The number of hydrogen-bond donors (Lipinski definition) is 1. The van der Waals surface area contributed by atoms with Crippen molar-refractivity contribution in [2.75, 3.05) is 0 Å². The van der Waals surface area contributed by atoms with Gasteiger partial charge in [-0.1, -0.05) is 67.1 Å². The van der Waals surface area contributed by atoms with E-state index in [4.69, 9.17) is 0 Å². The van der Waals surface area contributed by atoms with Crippen molar-refractivity contribution in [2.24, 2.45) is 5.41 Å². The van der Waals surface area contributed by atoms with Crippen molar-refractivity contribution >= 4 is 10.8 Å². The first-order chi connectivity index (χ1) is 10.9. The minimum atomic E-state index is -0.476. The van der Waals surface area contributed by atoms with Crippen molar-refractivity contribution in [3.05, 3.63) is 72.3 Å². The first-order valence-electron chi connectivity index (χ1n) is 8.38. The highest BCUT2D eigenvalue weighted by atomic mass is 16.3. The summed E-state index contributed by atoms with van der Waals surface area (Å²) < 4.78 is 0. The summed E-state index contributed by atoms with van der Waals surface area (Å²) in [5.41, 5.74) is 2.28. The molecule has 0 aromatic heterocycles. The molecule has 0 heterocycles. The van der Waals surface area contributed by atoms with E-state index in [0.29, 0.717) is 6.42 Å². The van der Waals surface area contributed by atoms with Crippen LogP contribution < -0.4 is 0 Å². The number of aliphatic hydroxyl groups excluding tert-OH is 1. The largest absolute Gasteiger partial charge is 0.388 e. The zero-order valence-electron chi connectivity index (χ0n) is 14.5. The Balaban J connectivity index is 2.19. The van der Waals surface area contributed by atoms with E-state index in [1.165, 1.54) is 11.0 Å². The van der Waals surface area contributed by atoms with Crippen LogP contribution in [-0.2, 0) is 0 Å². The van der Waals surface area contributed by atoms with Crippen molar-refractivity contribution in [1.82, 2.24) is 0 Å². The standard InChI is InChI=1S/C22H28O/c1-5-22(4,15-9-10-17(2)3)16-21(23)20-14-8-12-18-11-6-7-13-19(18)20/h5-8,10-14,21,23H,1,9,15-16H2,2-4H3. The fourth-order valence-electron chi connectivity index (χ4n) is 3.07. The summed E-state index contributed by atoms with van der Waals surface area (Å²) in [5.74, 6) is 0. The van der Waals surface area contributed by atoms with Crippen LogP contribution in [-0.4, -0.2) is 5.11 Å². The van der Waals surface area contributed by atoms with E-state index < -0.39 is 6.10 Å². The van der Waals surface area contributed by atoms with E-state index in [0.717, 1.165) is 23.8 Å². The van der Waals surface area contributed by atoms with Gasteiger partial charge in [0.1, 0.15) is 0 Å². The number of rotatable bonds is 7. The number of allylic oxidation sites excluding steroid dienone is 3. The molecule has 0 saturated heterocycles. The van der Waals surface area contributed by atoms with Gasteiger partial charge in [0.2, 0.25) is 0 Å². The molecule has 0 aliphatic carbocycles. The Labute approximate surface area is 140 Å². The third-order valence-corrected chi connectivity index (χ3v) is 4.60. The molecule has 122 valence electrons. The van der Waals surface area contributed by atoms with E-state index in [2.05, 4.69) is 51.6 Å². The van der Waals surface area contributed by atoms with Crippen molar-refractivity contribution in [2.45, 2.75) is 46.1 Å². The lowest BCUT2D eigenvalue weighted by Crippen LogP contribution is -2.17. The molecule has 2 rings (SSSR count).